The zero-order valence-corrected chi connectivity index (χ0v) is 54.8. The number of esters is 1. The molecule has 0 saturated heterocycles. The molecule has 0 aliphatic rings. The summed E-state index contributed by atoms with van der Waals surface area (Å²) in [7, 11) is 0. The average molecular weight is 1140 g/mol. The lowest BCUT2D eigenvalue weighted by Gasteiger charge is -2.22. The fraction of sp³-hybridized carbons (Fsp3) is 0.893. The van der Waals surface area contributed by atoms with Crippen molar-refractivity contribution in [1.29, 1.82) is 0 Å². The Morgan fingerprint density at radius 3 is 0.975 bits per heavy atom. The van der Waals surface area contributed by atoms with Gasteiger partial charge in [-0.15, -0.1) is 0 Å². The van der Waals surface area contributed by atoms with E-state index in [0.29, 0.717) is 25.9 Å². The first kappa shape index (κ1) is 79.1. The Kier molecular flexibility index (Phi) is 68.9. The molecule has 6 nitrogen and oxygen atoms in total. The Bertz CT molecular complexity index is 1310. The molecule has 0 aliphatic heterocycles. The molecule has 1 amide bonds. The van der Waals surface area contributed by atoms with Crippen LogP contribution in [0.3, 0.4) is 0 Å². The fourth-order valence-corrected chi connectivity index (χ4v) is 11.6. The third-order valence-electron chi connectivity index (χ3n) is 17.2. The summed E-state index contributed by atoms with van der Waals surface area (Å²) < 4.78 is 5.51. The lowest BCUT2D eigenvalue weighted by atomic mass is 10.0. The predicted octanol–water partition coefficient (Wildman–Crippen LogP) is 23.9. The van der Waals surface area contributed by atoms with Gasteiger partial charge in [0.1, 0.15) is 0 Å². The molecule has 0 radical (unpaired) electrons. The van der Waals surface area contributed by atoms with Crippen LogP contribution in [-0.4, -0.2) is 47.4 Å². The van der Waals surface area contributed by atoms with E-state index in [0.717, 1.165) is 51.4 Å². The van der Waals surface area contributed by atoms with Crippen LogP contribution in [0.1, 0.15) is 406 Å². The van der Waals surface area contributed by atoms with Crippen LogP contribution in [0.15, 0.2) is 36.5 Å². The highest BCUT2D eigenvalue weighted by molar-refractivity contribution is 5.76. The molecule has 81 heavy (non-hydrogen) atoms. The van der Waals surface area contributed by atoms with Crippen LogP contribution in [0.2, 0.25) is 0 Å². The first-order valence-corrected chi connectivity index (χ1v) is 36.7. The van der Waals surface area contributed by atoms with E-state index < -0.39 is 12.1 Å². The SMILES string of the molecule is CCCCC/C=C\C/C=C\CCCCCCCCCCCC(=O)OCCCCCCCCCCCCCC/C=C\CCCCCCCCCCCCCC(=O)NC(CO)C(O)CCCCCCCCCCCCCCCCCCCC. The fourth-order valence-electron chi connectivity index (χ4n) is 11.6. The van der Waals surface area contributed by atoms with Crippen molar-refractivity contribution in [3.63, 3.8) is 0 Å². The van der Waals surface area contributed by atoms with E-state index in [1.165, 1.54) is 321 Å². The molecule has 0 rings (SSSR count). The van der Waals surface area contributed by atoms with Crippen molar-refractivity contribution in [3.8, 4) is 0 Å². The highest BCUT2D eigenvalue weighted by Gasteiger charge is 2.20. The van der Waals surface area contributed by atoms with Gasteiger partial charge in [-0.1, -0.05) is 346 Å². The minimum Gasteiger partial charge on any atom is -0.466 e. The second kappa shape index (κ2) is 70.6. The molecule has 0 aromatic rings. The summed E-state index contributed by atoms with van der Waals surface area (Å²) in [5, 5.41) is 23.4. The Hall–Kier alpha value is -1.92. The van der Waals surface area contributed by atoms with Crippen molar-refractivity contribution in [2.75, 3.05) is 13.2 Å². The monoisotopic (exact) mass is 1140 g/mol. The van der Waals surface area contributed by atoms with Crippen molar-refractivity contribution in [2.45, 2.75) is 418 Å². The summed E-state index contributed by atoms with van der Waals surface area (Å²) in [6.07, 6.45) is 90.5. The van der Waals surface area contributed by atoms with E-state index in [-0.39, 0.29) is 18.5 Å². The van der Waals surface area contributed by atoms with E-state index in [4.69, 9.17) is 4.74 Å². The van der Waals surface area contributed by atoms with Gasteiger partial charge in [0.2, 0.25) is 5.91 Å². The number of carbonyl (C=O) groups is 2. The average Bonchev–Trinajstić information content (AvgIpc) is 3.47. The standard InChI is InChI=1S/C75H143NO5/c1-3-5-7-9-11-13-15-17-19-21-32-37-41-45-49-53-57-61-65-69-75(80)81-70-66-62-58-54-50-46-42-38-34-31-29-27-25-23-24-26-28-30-33-36-40-44-48-52-56-60-64-68-74(79)76-72(71-77)73(78)67-63-59-55-51-47-43-39-35-22-20-18-16-14-12-10-8-6-4-2/h11,13,17,19,23-24,72-73,77-78H,3-10,12,14-16,18,20-22,25-71H2,1-2H3,(H,76,79)/b13-11-,19-17-,24-23-. The number of allylic oxidation sites excluding steroid dienone is 6. The number of rotatable bonds is 69. The molecule has 0 saturated carbocycles. The number of nitrogens with one attached hydrogen (secondary N) is 1. The Morgan fingerprint density at radius 1 is 0.346 bits per heavy atom. The second-order valence-electron chi connectivity index (χ2n) is 25.3. The van der Waals surface area contributed by atoms with Gasteiger partial charge in [0, 0.05) is 12.8 Å². The van der Waals surface area contributed by atoms with E-state index >= 15 is 0 Å². The number of aliphatic hydroxyl groups is 2. The summed E-state index contributed by atoms with van der Waals surface area (Å²) in [6.45, 7) is 4.96. The minimum absolute atomic E-state index is 0.0120. The summed E-state index contributed by atoms with van der Waals surface area (Å²) >= 11 is 0. The molecule has 6 heteroatoms. The van der Waals surface area contributed by atoms with Gasteiger partial charge >= 0.3 is 5.97 Å². The van der Waals surface area contributed by atoms with Gasteiger partial charge in [-0.25, -0.2) is 0 Å². The van der Waals surface area contributed by atoms with Gasteiger partial charge < -0.3 is 20.3 Å². The van der Waals surface area contributed by atoms with Crippen LogP contribution >= 0.6 is 0 Å². The minimum atomic E-state index is -0.666. The maximum absolute atomic E-state index is 12.5. The van der Waals surface area contributed by atoms with Crippen molar-refractivity contribution in [3.05, 3.63) is 36.5 Å². The number of aliphatic hydroxyl groups excluding tert-OH is 2. The van der Waals surface area contributed by atoms with Crippen LogP contribution in [0, 0.1) is 0 Å². The Morgan fingerprint density at radius 2 is 0.617 bits per heavy atom. The van der Waals surface area contributed by atoms with Gasteiger partial charge in [0.05, 0.1) is 25.4 Å². The molecular formula is C75H143NO5. The maximum atomic E-state index is 12.5. The van der Waals surface area contributed by atoms with Crippen LogP contribution in [-0.2, 0) is 14.3 Å². The van der Waals surface area contributed by atoms with Crippen molar-refractivity contribution in [2.24, 2.45) is 0 Å². The molecule has 3 N–H and O–H groups in total. The number of hydrogen-bond acceptors (Lipinski definition) is 5. The topological polar surface area (TPSA) is 95.9 Å². The number of ether oxygens (including phenoxy) is 1. The number of amides is 1. The van der Waals surface area contributed by atoms with E-state index in [1.54, 1.807) is 0 Å². The van der Waals surface area contributed by atoms with Gasteiger partial charge in [0.25, 0.3) is 0 Å². The van der Waals surface area contributed by atoms with E-state index in [1.807, 2.05) is 0 Å². The zero-order valence-electron chi connectivity index (χ0n) is 54.8. The van der Waals surface area contributed by atoms with Gasteiger partial charge in [-0.2, -0.15) is 0 Å². The molecule has 2 unspecified atom stereocenters. The van der Waals surface area contributed by atoms with Crippen molar-refractivity contribution in [1.82, 2.24) is 5.32 Å². The van der Waals surface area contributed by atoms with Gasteiger partial charge in [-0.05, 0) is 83.5 Å². The molecule has 0 aromatic heterocycles. The van der Waals surface area contributed by atoms with Crippen molar-refractivity contribution >= 4 is 11.9 Å². The lowest BCUT2D eigenvalue weighted by molar-refractivity contribution is -0.143. The van der Waals surface area contributed by atoms with Gasteiger partial charge in [-0.3, -0.25) is 9.59 Å². The molecule has 0 bridgehead atoms. The molecule has 0 spiro atoms. The number of carbonyl (C=O) groups excluding carboxylic acids is 2. The normalized spacial score (nSPS) is 12.7. The first-order chi connectivity index (χ1) is 40.0. The van der Waals surface area contributed by atoms with Crippen molar-refractivity contribution < 1.29 is 24.5 Å². The molecule has 0 aliphatic carbocycles. The van der Waals surface area contributed by atoms with Crippen LogP contribution < -0.4 is 5.32 Å². The first-order valence-electron chi connectivity index (χ1n) is 36.7. The highest BCUT2D eigenvalue weighted by Crippen LogP contribution is 2.19. The number of hydrogen-bond donors (Lipinski definition) is 3. The molecule has 478 valence electrons. The highest BCUT2D eigenvalue weighted by atomic mass is 16.5. The van der Waals surface area contributed by atoms with Crippen LogP contribution in [0.4, 0.5) is 0 Å². The lowest BCUT2D eigenvalue weighted by Crippen LogP contribution is -2.45. The quantitative estimate of drug-likeness (QED) is 0.0320. The third-order valence-corrected chi connectivity index (χ3v) is 17.2. The van der Waals surface area contributed by atoms with Crippen LogP contribution in [0.25, 0.3) is 0 Å². The largest absolute Gasteiger partial charge is 0.466 e. The molecule has 0 fully saturated rings. The number of unbranched alkanes of at least 4 members (excludes halogenated alkanes) is 52. The zero-order chi connectivity index (χ0) is 58.5. The molecule has 0 heterocycles. The van der Waals surface area contributed by atoms with Gasteiger partial charge in [0.15, 0.2) is 0 Å². The summed E-state index contributed by atoms with van der Waals surface area (Å²) in [6, 6.07) is -0.543. The summed E-state index contributed by atoms with van der Waals surface area (Å²) in [5.74, 6) is -0.0202. The Labute approximate surface area is 506 Å². The predicted molar refractivity (Wildman–Crippen MR) is 356 cm³/mol. The molecular weight excluding hydrogens is 995 g/mol. The smallest absolute Gasteiger partial charge is 0.305 e. The Balaban J connectivity index is 3.37. The molecule has 0 aromatic carbocycles. The van der Waals surface area contributed by atoms with E-state index in [2.05, 4.69) is 55.6 Å². The maximum Gasteiger partial charge on any atom is 0.305 e. The second-order valence-corrected chi connectivity index (χ2v) is 25.3. The van der Waals surface area contributed by atoms with Crippen LogP contribution in [0.5, 0.6) is 0 Å². The molecule has 2 atom stereocenters. The summed E-state index contributed by atoms with van der Waals surface area (Å²) in [4.78, 5) is 24.7. The summed E-state index contributed by atoms with van der Waals surface area (Å²) in [5.41, 5.74) is 0. The third kappa shape index (κ3) is 67.1. The van der Waals surface area contributed by atoms with E-state index in [9.17, 15) is 19.8 Å².